The predicted molar refractivity (Wildman–Crippen MR) is 61.6 cm³/mol. The summed E-state index contributed by atoms with van der Waals surface area (Å²) in [5, 5.41) is 18.9. The minimum atomic E-state index is 0.356. The second kappa shape index (κ2) is 5.74. The van der Waals surface area contributed by atoms with E-state index in [-0.39, 0.29) is 0 Å². The summed E-state index contributed by atoms with van der Waals surface area (Å²) in [7, 11) is 0. The molecule has 1 aromatic carbocycles. The molecule has 74 valence electrons. The lowest BCUT2D eigenvalue weighted by Gasteiger charge is -2.01. The number of anilines is 1. The average molecular weight is 215 g/mol. The zero-order valence-corrected chi connectivity index (χ0v) is 8.79. The van der Waals surface area contributed by atoms with Crippen molar-refractivity contribution in [3.63, 3.8) is 0 Å². The van der Waals surface area contributed by atoms with Gasteiger partial charge in [0.1, 0.15) is 5.40 Å². The molecule has 1 aromatic rings. The van der Waals surface area contributed by atoms with Gasteiger partial charge in [0.15, 0.2) is 0 Å². The number of thioether (sulfide) groups is 1. The van der Waals surface area contributed by atoms with Crippen LogP contribution >= 0.6 is 11.8 Å². The molecular weight excluding hydrogens is 206 g/mol. The van der Waals surface area contributed by atoms with Gasteiger partial charge in [0, 0.05) is 10.6 Å². The van der Waals surface area contributed by atoms with E-state index in [1.807, 2.05) is 17.5 Å². The van der Waals surface area contributed by atoms with Crippen LogP contribution in [0.2, 0.25) is 0 Å². The quantitative estimate of drug-likeness (QED) is 0.478. The maximum Gasteiger partial charge on any atom is 0.138 e. The summed E-state index contributed by atoms with van der Waals surface area (Å²) in [5.74, 6) is 0. The first-order valence-electron chi connectivity index (χ1n) is 4.27. The Kier molecular flexibility index (Phi) is 4.28. The molecule has 0 radical (unpaired) electrons. The summed E-state index contributed by atoms with van der Waals surface area (Å²) < 4.78 is 0. The molecule has 0 fully saturated rings. The molecule has 0 amide bonds. The van der Waals surface area contributed by atoms with Gasteiger partial charge in [-0.25, -0.2) is 0 Å². The van der Waals surface area contributed by atoms with Crippen molar-refractivity contribution in [3.8, 4) is 11.5 Å². The summed E-state index contributed by atoms with van der Waals surface area (Å²) in [6.45, 7) is 0. The third-order valence-corrected chi connectivity index (χ3v) is 2.31. The third-order valence-electron chi connectivity index (χ3n) is 1.73. The Morgan fingerprint density at radius 1 is 1.40 bits per heavy atom. The Morgan fingerprint density at radius 3 is 2.87 bits per heavy atom. The van der Waals surface area contributed by atoms with Crippen LogP contribution < -0.4 is 5.73 Å². The maximum absolute atomic E-state index is 8.51. The van der Waals surface area contributed by atoms with Crippen LogP contribution in [0.4, 0.5) is 5.69 Å². The molecule has 0 saturated carbocycles. The van der Waals surface area contributed by atoms with Gasteiger partial charge in [-0.1, -0.05) is 12.2 Å². The van der Waals surface area contributed by atoms with E-state index in [0.29, 0.717) is 12.1 Å². The standard InChI is InChI=1S/C11H9N3S/c12-6-2-1-3-9-7-10(15-8-13)4-5-11(9)14/h1,3-5,7H,2,14H2. The number of nitriles is 2. The van der Waals surface area contributed by atoms with Crippen molar-refractivity contribution in [2.75, 3.05) is 5.73 Å². The van der Waals surface area contributed by atoms with E-state index >= 15 is 0 Å². The lowest BCUT2D eigenvalue weighted by Crippen LogP contribution is -1.88. The van der Waals surface area contributed by atoms with Gasteiger partial charge >= 0.3 is 0 Å². The molecule has 0 unspecified atom stereocenters. The Labute approximate surface area is 92.8 Å². The average Bonchev–Trinajstić information content (AvgIpc) is 2.23. The van der Waals surface area contributed by atoms with Crippen molar-refractivity contribution in [2.45, 2.75) is 11.3 Å². The van der Waals surface area contributed by atoms with Gasteiger partial charge in [-0.3, -0.25) is 0 Å². The van der Waals surface area contributed by atoms with Crippen molar-refractivity contribution in [2.24, 2.45) is 0 Å². The van der Waals surface area contributed by atoms with Crippen LogP contribution in [0.3, 0.4) is 0 Å². The number of thiocyanates is 1. The van der Waals surface area contributed by atoms with Crippen molar-refractivity contribution >= 4 is 23.5 Å². The van der Waals surface area contributed by atoms with Crippen LogP contribution in [-0.4, -0.2) is 0 Å². The number of allylic oxidation sites excluding steroid dienone is 1. The molecular formula is C11H9N3S. The molecule has 0 atom stereocenters. The molecule has 0 spiro atoms. The van der Waals surface area contributed by atoms with Crippen molar-refractivity contribution in [1.29, 1.82) is 10.5 Å². The Bertz CT molecular complexity index is 452. The largest absolute Gasteiger partial charge is 0.398 e. The molecule has 0 aromatic heterocycles. The Morgan fingerprint density at radius 2 is 2.20 bits per heavy atom. The lowest BCUT2D eigenvalue weighted by molar-refractivity contribution is 1.36. The van der Waals surface area contributed by atoms with Crippen LogP contribution in [0, 0.1) is 22.0 Å². The smallest absolute Gasteiger partial charge is 0.138 e. The first-order valence-corrected chi connectivity index (χ1v) is 5.08. The molecule has 0 aliphatic carbocycles. The van der Waals surface area contributed by atoms with Gasteiger partial charge in [-0.15, -0.1) is 0 Å². The summed E-state index contributed by atoms with van der Waals surface area (Å²) >= 11 is 1.09. The van der Waals surface area contributed by atoms with Crippen LogP contribution in [0.1, 0.15) is 12.0 Å². The molecule has 1 rings (SSSR count). The van der Waals surface area contributed by atoms with Crippen molar-refractivity contribution in [3.05, 3.63) is 29.8 Å². The van der Waals surface area contributed by atoms with Crippen LogP contribution in [0.15, 0.2) is 29.2 Å². The number of nitrogens with zero attached hydrogens (tertiary/aromatic N) is 2. The fourth-order valence-corrected chi connectivity index (χ4v) is 1.48. The topological polar surface area (TPSA) is 73.6 Å². The minimum absolute atomic E-state index is 0.356. The third kappa shape index (κ3) is 3.38. The Balaban J connectivity index is 2.92. The predicted octanol–water partition coefficient (Wildman–Crippen LogP) is 2.77. The lowest BCUT2D eigenvalue weighted by atomic mass is 10.1. The highest BCUT2D eigenvalue weighted by Gasteiger charge is 1.98. The van der Waals surface area contributed by atoms with Gasteiger partial charge in [0.05, 0.1) is 12.5 Å². The van der Waals surface area contributed by atoms with Crippen molar-refractivity contribution < 1.29 is 0 Å². The van der Waals surface area contributed by atoms with E-state index < -0.39 is 0 Å². The minimum Gasteiger partial charge on any atom is -0.398 e. The van der Waals surface area contributed by atoms with E-state index in [2.05, 4.69) is 0 Å². The summed E-state index contributed by atoms with van der Waals surface area (Å²) in [4.78, 5) is 0.850. The molecule has 0 saturated heterocycles. The first kappa shape index (κ1) is 11.2. The number of benzene rings is 1. The monoisotopic (exact) mass is 215 g/mol. The van der Waals surface area contributed by atoms with Gasteiger partial charge < -0.3 is 5.73 Å². The van der Waals surface area contributed by atoms with E-state index in [9.17, 15) is 0 Å². The van der Waals surface area contributed by atoms with Gasteiger partial charge in [0.25, 0.3) is 0 Å². The van der Waals surface area contributed by atoms with E-state index in [4.69, 9.17) is 16.3 Å². The highest BCUT2D eigenvalue weighted by atomic mass is 32.2. The molecule has 2 N–H and O–H groups in total. The molecule has 0 heterocycles. The molecule has 4 heteroatoms. The molecule has 3 nitrogen and oxygen atoms in total. The van der Waals surface area contributed by atoms with Gasteiger partial charge in [0.2, 0.25) is 0 Å². The number of hydrogen-bond acceptors (Lipinski definition) is 4. The number of nitrogen functional groups attached to an aromatic ring is 1. The zero-order chi connectivity index (χ0) is 11.1. The van der Waals surface area contributed by atoms with Crippen molar-refractivity contribution in [1.82, 2.24) is 0 Å². The normalized spacial score (nSPS) is 9.73. The van der Waals surface area contributed by atoms with Gasteiger partial charge in [-0.2, -0.15) is 10.5 Å². The number of nitrogens with two attached hydrogens (primary N) is 1. The van der Waals surface area contributed by atoms with Gasteiger partial charge in [-0.05, 0) is 35.5 Å². The van der Waals surface area contributed by atoms with Crippen LogP contribution in [-0.2, 0) is 0 Å². The zero-order valence-electron chi connectivity index (χ0n) is 7.97. The maximum atomic E-state index is 8.51. The van der Waals surface area contributed by atoms with E-state index in [0.717, 1.165) is 22.2 Å². The summed E-state index contributed by atoms with van der Waals surface area (Å²) in [5.41, 5.74) is 7.22. The van der Waals surface area contributed by atoms with Crippen LogP contribution in [0.5, 0.6) is 0 Å². The molecule has 15 heavy (non-hydrogen) atoms. The van der Waals surface area contributed by atoms with Crippen LogP contribution in [0.25, 0.3) is 6.08 Å². The number of rotatable bonds is 3. The Hall–Kier alpha value is -1.91. The summed E-state index contributed by atoms with van der Waals surface area (Å²) in [6, 6.07) is 7.39. The van der Waals surface area contributed by atoms with E-state index in [1.54, 1.807) is 24.3 Å². The molecule has 0 aliphatic rings. The second-order valence-electron chi connectivity index (χ2n) is 2.75. The second-order valence-corrected chi connectivity index (χ2v) is 3.61. The fourth-order valence-electron chi connectivity index (χ4n) is 1.05. The molecule has 0 aliphatic heterocycles. The number of hydrogen-bond donors (Lipinski definition) is 1. The summed E-state index contributed by atoms with van der Waals surface area (Å²) in [6.07, 6.45) is 3.89. The first-order chi connectivity index (χ1) is 7.27. The van der Waals surface area contributed by atoms with E-state index in [1.165, 1.54) is 0 Å². The highest BCUT2D eigenvalue weighted by Crippen LogP contribution is 2.23. The highest BCUT2D eigenvalue weighted by molar-refractivity contribution is 8.03. The molecule has 0 bridgehead atoms. The fraction of sp³-hybridized carbons (Fsp3) is 0.0909. The SMILES string of the molecule is N#CCC=Cc1cc(SC#N)ccc1N.